The van der Waals surface area contributed by atoms with Crippen LogP contribution >= 0.6 is 0 Å². The number of aliphatic imine (C=N–C) groups is 1. The highest BCUT2D eigenvalue weighted by Gasteiger charge is 2.37. The number of ether oxygens (including phenoxy) is 2. The number of methoxy groups -OCH3 is 1. The SMILES string of the molecule is CCCC(CCO)CNC(=NCC1(c2cc(C)ccc2OC)CCOCC1)NCC. The molecule has 1 unspecified atom stereocenters. The molecule has 1 aliphatic rings. The van der Waals surface area contributed by atoms with Crippen LogP contribution in [-0.2, 0) is 10.2 Å². The van der Waals surface area contributed by atoms with Crippen molar-refractivity contribution in [3.05, 3.63) is 29.3 Å². The van der Waals surface area contributed by atoms with Crippen molar-refractivity contribution < 1.29 is 14.6 Å². The molecular weight excluding hydrogens is 378 g/mol. The van der Waals surface area contributed by atoms with Gasteiger partial charge in [-0.15, -0.1) is 0 Å². The van der Waals surface area contributed by atoms with E-state index >= 15 is 0 Å². The molecule has 1 atom stereocenters. The average Bonchev–Trinajstić information content (AvgIpc) is 2.76. The fourth-order valence-corrected chi connectivity index (χ4v) is 4.26. The Hall–Kier alpha value is -1.79. The Morgan fingerprint density at radius 3 is 2.63 bits per heavy atom. The third-order valence-corrected chi connectivity index (χ3v) is 6.05. The van der Waals surface area contributed by atoms with Crippen LogP contribution in [0.25, 0.3) is 0 Å². The van der Waals surface area contributed by atoms with Crippen LogP contribution in [0.4, 0.5) is 0 Å². The maximum absolute atomic E-state index is 9.34. The van der Waals surface area contributed by atoms with Crippen molar-refractivity contribution in [2.45, 2.75) is 58.3 Å². The quantitative estimate of drug-likeness (QED) is 0.379. The van der Waals surface area contributed by atoms with Gasteiger partial charge in [-0.1, -0.05) is 31.0 Å². The minimum Gasteiger partial charge on any atom is -0.496 e. The van der Waals surface area contributed by atoms with Crippen LogP contribution in [0.3, 0.4) is 0 Å². The normalized spacial score (nSPS) is 17.4. The summed E-state index contributed by atoms with van der Waals surface area (Å²) in [7, 11) is 1.74. The molecule has 0 radical (unpaired) electrons. The summed E-state index contributed by atoms with van der Waals surface area (Å²) in [5.41, 5.74) is 2.38. The number of nitrogens with one attached hydrogen (secondary N) is 2. The van der Waals surface area contributed by atoms with Crippen molar-refractivity contribution in [1.82, 2.24) is 10.6 Å². The summed E-state index contributed by atoms with van der Waals surface area (Å²) in [4.78, 5) is 5.00. The first-order valence-corrected chi connectivity index (χ1v) is 11.4. The van der Waals surface area contributed by atoms with Gasteiger partial charge in [0.25, 0.3) is 0 Å². The Kier molecular flexibility index (Phi) is 10.4. The van der Waals surface area contributed by atoms with Crippen molar-refractivity contribution in [2.75, 3.05) is 46.6 Å². The van der Waals surface area contributed by atoms with Crippen LogP contribution in [0.5, 0.6) is 5.75 Å². The highest BCUT2D eigenvalue weighted by Crippen LogP contribution is 2.40. The van der Waals surface area contributed by atoms with E-state index in [0.29, 0.717) is 12.5 Å². The van der Waals surface area contributed by atoms with Crippen LogP contribution in [0.15, 0.2) is 23.2 Å². The van der Waals surface area contributed by atoms with Gasteiger partial charge in [-0.25, -0.2) is 0 Å². The molecule has 1 heterocycles. The molecule has 0 saturated carbocycles. The Morgan fingerprint density at radius 2 is 2.00 bits per heavy atom. The first kappa shape index (κ1) is 24.5. The van der Waals surface area contributed by atoms with Gasteiger partial charge in [0.15, 0.2) is 5.96 Å². The number of hydrogen-bond acceptors (Lipinski definition) is 4. The molecule has 6 heteroatoms. The number of guanidine groups is 1. The fourth-order valence-electron chi connectivity index (χ4n) is 4.26. The van der Waals surface area contributed by atoms with Gasteiger partial charge in [0.2, 0.25) is 0 Å². The van der Waals surface area contributed by atoms with Crippen LogP contribution in [0, 0.1) is 12.8 Å². The number of aliphatic hydroxyl groups is 1. The molecule has 2 rings (SSSR count). The molecule has 3 N–H and O–H groups in total. The highest BCUT2D eigenvalue weighted by atomic mass is 16.5. The second-order valence-electron chi connectivity index (χ2n) is 8.34. The Balaban J connectivity index is 2.23. The van der Waals surface area contributed by atoms with Gasteiger partial charge >= 0.3 is 0 Å². The van der Waals surface area contributed by atoms with E-state index in [1.807, 2.05) is 0 Å². The van der Waals surface area contributed by atoms with E-state index in [2.05, 4.69) is 49.6 Å². The molecule has 170 valence electrons. The van der Waals surface area contributed by atoms with Gasteiger partial charge in [0, 0.05) is 43.9 Å². The van der Waals surface area contributed by atoms with Gasteiger partial charge < -0.3 is 25.2 Å². The van der Waals surface area contributed by atoms with E-state index in [-0.39, 0.29) is 12.0 Å². The summed E-state index contributed by atoms with van der Waals surface area (Å²) in [5, 5.41) is 16.2. The predicted molar refractivity (Wildman–Crippen MR) is 124 cm³/mol. The van der Waals surface area contributed by atoms with E-state index < -0.39 is 0 Å². The molecule has 1 fully saturated rings. The zero-order valence-electron chi connectivity index (χ0n) is 19.3. The lowest BCUT2D eigenvalue weighted by Gasteiger charge is -2.37. The summed E-state index contributed by atoms with van der Waals surface area (Å²) in [5.74, 6) is 2.23. The Labute approximate surface area is 182 Å². The van der Waals surface area contributed by atoms with Crippen LogP contribution in [0.2, 0.25) is 0 Å². The van der Waals surface area contributed by atoms with Crippen LogP contribution in [0.1, 0.15) is 57.1 Å². The molecule has 0 spiro atoms. The Morgan fingerprint density at radius 1 is 1.23 bits per heavy atom. The molecule has 0 bridgehead atoms. The average molecular weight is 420 g/mol. The van der Waals surface area contributed by atoms with E-state index in [4.69, 9.17) is 14.5 Å². The first-order valence-electron chi connectivity index (χ1n) is 11.4. The van der Waals surface area contributed by atoms with Crippen molar-refractivity contribution >= 4 is 5.96 Å². The van der Waals surface area contributed by atoms with Crippen LogP contribution in [-0.4, -0.2) is 57.6 Å². The standard InChI is InChI=1S/C24H41N3O3/c1-5-7-20(10-13-28)17-26-23(25-6-2)27-18-24(11-14-30-15-12-24)21-16-19(3)8-9-22(21)29-4/h8-9,16,20,28H,5-7,10-15,17-18H2,1-4H3,(H2,25,26,27). The molecule has 0 amide bonds. The van der Waals surface area contributed by atoms with Crippen molar-refractivity contribution in [2.24, 2.45) is 10.9 Å². The van der Waals surface area contributed by atoms with Gasteiger partial charge in [-0.2, -0.15) is 0 Å². The molecule has 1 aromatic rings. The molecular formula is C24H41N3O3. The van der Waals surface area contributed by atoms with Gasteiger partial charge in [0.05, 0.1) is 13.7 Å². The topological polar surface area (TPSA) is 75.1 Å². The number of aryl methyl sites for hydroxylation is 1. The van der Waals surface area contributed by atoms with E-state index in [9.17, 15) is 5.11 Å². The molecule has 0 aromatic heterocycles. The largest absolute Gasteiger partial charge is 0.496 e. The highest BCUT2D eigenvalue weighted by molar-refractivity contribution is 5.79. The van der Waals surface area contributed by atoms with E-state index in [1.165, 1.54) is 11.1 Å². The van der Waals surface area contributed by atoms with Crippen molar-refractivity contribution in [3.8, 4) is 5.75 Å². The molecule has 1 saturated heterocycles. The number of hydrogen-bond donors (Lipinski definition) is 3. The van der Waals surface area contributed by atoms with E-state index in [1.54, 1.807) is 7.11 Å². The fraction of sp³-hybridized carbons (Fsp3) is 0.708. The Bertz CT molecular complexity index is 651. The number of rotatable bonds is 11. The summed E-state index contributed by atoms with van der Waals surface area (Å²) in [6.45, 7) is 10.4. The van der Waals surface area contributed by atoms with Crippen LogP contribution < -0.4 is 15.4 Å². The summed E-state index contributed by atoms with van der Waals surface area (Å²) < 4.78 is 11.4. The summed E-state index contributed by atoms with van der Waals surface area (Å²) in [6, 6.07) is 6.41. The zero-order valence-corrected chi connectivity index (χ0v) is 19.3. The molecule has 1 aliphatic heterocycles. The maximum atomic E-state index is 9.34. The number of nitrogens with zero attached hydrogens (tertiary/aromatic N) is 1. The molecule has 1 aromatic carbocycles. The lowest BCUT2D eigenvalue weighted by Crippen LogP contribution is -2.42. The minimum atomic E-state index is -0.0914. The summed E-state index contributed by atoms with van der Waals surface area (Å²) >= 11 is 0. The zero-order chi connectivity index (χ0) is 21.8. The summed E-state index contributed by atoms with van der Waals surface area (Å²) in [6.07, 6.45) is 4.91. The monoisotopic (exact) mass is 419 g/mol. The lowest BCUT2D eigenvalue weighted by molar-refractivity contribution is 0.0522. The molecule has 0 aliphatic carbocycles. The second kappa shape index (κ2) is 12.8. The number of benzene rings is 1. The second-order valence-corrected chi connectivity index (χ2v) is 8.34. The van der Waals surface area contributed by atoms with E-state index in [0.717, 1.165) is 70.1 Å². The third kappa shape index (κ3) is 6.88. The maximum Gasteiger partial charge on any atom is 0.191 e. The van der Waals surface area contributed by atoms with Gasteiger partial charge in [-0.05, 0) is 51.5 Å². The first-order chi connectivity index (χ1) is 14.6. The smallest absolute Gasteiger partial charge is 0.191 e. The molecule has 30 heavy (non-hydrogen) atoms. The predicted octanol–water partition coefficient (Wildman–Crippen LogP) is 3.41. The van der Waals surface area contributed by atoms with Crippen molar-refractivity contribution in [3.63, 3.8) is 0 Å². The number of aliphatic hydroxyl groups excluding tert-OH is 1. The third-order valence-electron chi connectivity index (χ3n) is 6.05. The van der Waals surface area contributed by atoms with Crippen molar-refractivity contribution in [1.29, 1.82) is 0 Å². The molecule has 6 nitrogen and oxygen atoms in total. The van der Waals surface area contributed by atoms with Gasteiger partial charge in [-0.3, -0.25) is 4.99 Å². The minimum absolute atomic E-state index is 0.0914. The van der Waals surface area contributed by atoms with Gasteiger partial charge in [0.1, 0.15) is 5.75 Å². The lowest BCUT2D eigenvalue weighted by atomic mass is 9.73.